The normalized spacial score (nSPS) is 23.2. The highest BCUT2D eigenvalue weighted by Crippen LogP contribution is 2.28. The highest BCUT2D eigenvalue weighted by atomic mass is 32.2. The van der Waals surface area contributed by atoms with E-state index < -0.39 is 6.04 Å². The Balaban J connectivity index is 2.92. The van der Waals surface area contributed by atoms with E-state index in [-0.39, 0.29) is 35.9 Å². The molecule has 0 saturated carbocycles. The van der Waals surface area contributed by atoms with Crippen molar-refractivity contribution in [3.8, 4) is 0 Å². The van der Waals surface area contributed by atoms with Crippen LogP contribution >= 0.6 is 24.4 Å². The van der Waals surface area contributed by atoms with Crippen molar-refractivity contribution in [2.24, 2.45) is 17.6 Å². The lowest BCUT2D eigenvalue weighted by Crippen LogP contribution is -2.55. The van der Waals surface area contributed by atoms with Gasteiger partial charge in [0, 0.05) is 30.9 Å². The molecule has 0 aromatic heterocycles. The summed E-state index contributed by atoms with van der Waals surface area (Å²) >= 11 is 5.94. The Bertz CT molecular complexity index is 541. The smallest absolute Gasteiger partial charge is 0.328 e. The Hall–Kier alpha value is -0.480. The van der Waals surface area contributed by atoms with Crippen molar-refractivity contribution in [2.75, 3.05) is 44.5 Å². The number of ether oxygens (including phenoxy) is 1. The number of thioether (sulfide) groups is 1. The molecule has 1 fully saturated rings. The predicted octanol–water partition coefficient (Wildman–Crippen LogP) is 1.76. The first kappa shape index (κ1) is 28.6. The standard InChI is InChI=1S/C22H44N4O3S2/c1-6-15(3)19(24-12-17(23)14-30)13-26-10-8-16(7-2)20(26)21(27)25-18(9-11-31-5)22(28)29-4/h15-20,24,30H,6-14,23H2,1-5H3,(H,25,27)/t15-,16+,17+,18-,19+,20-/m0/s1. The van der Waals surface area contributed by atoms with Gasteiger partial charge in [0.25, 0.3) is 0 Å². The summed E-state index contributed by atoms with van der Waals surface area (Å²) in [6, 6.07) is -0.567. The second-order valence-corrected chi connectivity index (χ2v) is 9.96. The molecule has 1 heterocycles. The summed E-state index contributed by atoms with van der Waals surface area (Å²) in [5.74, 6) is 1.74. The number of amides is 1. The topological polar surface area (TPSA) is 96.7 Å². The fourth-order valence-corrected chi connectivity index (χ4v) is 4.77. The third-order valence-corrected chi connectivity index (χ3v) is 7.58. The number of rotatable bonds is 15. The van der Waals surface area contributed by atoms with Crippen LogP contribution in [0.15, 0.2) is 0 Å². The average molecular weight is 477 g/mol. The van der Waals surface area contributed by atoms with Crippen LogP contribution < -0.4 is 16.4 Å². The third kappa shape index (κ3) is 9.12. The largest absolute Gasteiger partial charge is 0.467 e. The maximum atomic E-state index is 13.3. The number of nitrogens with two attached hydrogens (primary N) is 1. The lowest BCUT2D eigenvalue weighted by molar-refractivity contribution is -0.145. The summed E-state index contributed by atoms with van der Waals surface area (Å²) in [4.78, 5) is 27.8. The Labute approximate surface area is 198 Å². The second-order valence-electron chi connectivity index (χ2n) is 8.61. The average Bonchev–Trinajstić information content (AvgIpc) is 3.20. The van der Waals surface area contributed by atoms with E-state index in [4.69, 9.17) is 10.5 Å². The van der Waals surface area contributed by atoms with Crippen molar-refractivity contribution in [1.82, 2.24) is 15.5 Å². The molecule has 0 aromatic carbocycles. The Morgan fingerprint density at radius 2 is 2.06 bits per heavy atom. The van der Waals surface area contributed by atoms with Crippen LogP contribution in [0.25, 0.3) is 0 Å². The van der Waals surface area contributed by atoms with Crippen molar-refractivity contribution in [2.45, 2.75) is 70.6 Å². The quantitative estimate of drug-likeness (QED) is 0.211. The molecule has 1 aliphatic rings. The highest BCUT2D eigenvalue weighted by Gasteiger charge is 2.40. The lowest BCUT2D eigenvalue weighted by Gasteiger charge is -2.34. The van der Waals surface area contributed by atoms with E-state index in [0.29, 0.717) is 24.6 Å². The van der Waals surface area contributed by atoms with E-state index in [2.05, 4.69) is 48.9 Å². The summed E-state index contributed by atoms with van der Waals surface area (Å²) in [5.41, 5.74) is 6.06. The monoisotopic (exact) mass is 476 g/mol. The number of hydrogen-bond acceptors (Lipinski definition) is 8. The molecule has 4 N–H and O–H groups in total. The van der Waals surface area contributed by atoms with Gasteiger partial charge in [0.05, 0.1) is 13.2 Å². The zero-order valence-electron chi connectivity index (χ0n) is 19.9. The molecule has 7 nitrogen and oxygen atoms in total. The Morgan fingerprint density at radius 1 is 1.35 bits per heavy atom. The van der Waals surface area contributed by atoms with Crippen LogP contribution in [0.2, 0.25) is 0 Å². The second kappa shape index (κ2) is 15.4. The molecule has 1 rings (SSSR count). The van der Waals surface area contributed by atoms with E-state index in [1.165, 1.54) is 7.11 Å². The van der Waals surface area contributed by atoms with Gasteiger partial charge in [-0.15, -0.1) is 0 Å². The van der Waals surface area contributed by atoms with Crippen LogP contribution in [-0.2, 0) is 14.3 Å². The minimum absolute atomic E-state index is 0.00760. The van der Waals surface area contributed by atoms with Gasteiger partial charge in [-0.05, 0) is 43.2 Å². The number of thiol groups is 1. The molecule has 6 atom stereocenters. The fourth-order valence-electron chi connectivity index (χ4n) is 4.17. The maximum absolute atomic E-state index is 13.3. The lowest BCUT2D eigenvalue weighted by atomic mass is 9.95. The minimum atomic E-state index is -0.596. The van der Waals surface area contributed by atoms with Crippen LogP contribution in [0.1, 0.15) is 46.5 Å². The minimum Gasteiger partial charge on any atom is -0.467 e. The predicted molar refractivity (Wildman–Crippen MR) is 134 cm³/mol. The SMILES string of the molecule is CC[C@@H]1CCN(C[C@@H](NC[C@@H](N)CS)[C@@H](C)CC)[C@@H]1C(=O)N[C@@H](CCSC)C(=O)OC. The van der Waals surface area contributed by atoms with Gasteiger partial charge in [0.1, 0.15) is 6.04 Å². The summed E-state index contributed by atoms with van der Waals surface area (Å²) in [7, 11) is 1.37. The number of nitrogens with zero attached hydrogens (tertiary/aromatic N) is 1. The molecule has 0 spiro atoms. The first-order valence-electron chi connectivity index (χ1n) is 11.5. The van der Waals surface area contributed by atoms with Gasteiger partial charge in [-0.25, -0.2) is 4.79 Å². The van der Waals surface area contributed by atoms with Gasteiger partial charge < -0.3 is 21.1 Å². The highest BCUT2D eigenvalue weighted by molar-refractivity contribution is 7.98. The van der Waals surface area contributed by atoms with Gasteiger partial charge in [0.2, 0.25) is 5.91 Å². The van der Waals surface area contributed by atoms with Crippen molar-refractivity contribution in [3.63, 3.8) is 0 Å². The number of carbonyl (C=O) groups excluding carboxylic acids is 2. The molecule has 0 radical (unpaired) electrons. The van der Waals surface area contributed by atoms with Gasteiger partial charge in [-0.2, -0.15) is 24.4 Å². The number of carbonyl (C=O) groups is 2. The molecule has 0 bridgehead atoms. The molecular formula is C22H44N4O3S2. The van der Waals surface area contributed by atoms with Gasteiger partial charge in [-0.1, -0.05) is 33.6 Å². The molecule has 0 aliphatic carbocycles. The van der Waals surface area contributed by atoms with Crippen LogP contribution in [-0.4, -0.2) is 85.4 Å². The van der Waals surface area contributed by atoms with Gasteiger partial charge >= 0.3 is 5.97 Å². The van der Waals surface area contributed by atoms with Crippen LogP contribution in [0, 0.1) is 11.8 Å². The van der Waals surface area contributed by atoms with Gasteiger partial charge in [-0.3, -0.25) is 9.69 Å². The van der Waals surface area contributed by atoms with Crippen molar-refractivity contribution in [1.29, 1.82) is 0 Å². The van der Waals surface area contributed by atoms with E-state index in [1.807, 2.05) is 6.26 Å². The summed E-state index contributed by atoms with van der Waals surface area (Å²) < 4.78 is 4.92. The molecular weight excluding hydrogens is 432 g/mol. The molecule has 9 heteroatoms. The van der Waals surface area contributed by atoms with Crippen LogP contribution in [0.4, 0.5) is 0 Å². The molecule has 0 aromatic rings. The molecule has 0 unspecified atom stereocenters. The van der Waals surface area contributed by atoms with E-state index in [9.17, 15) is 9.59 Å². The summed E-state index contributed by atoms with van der Waals surface area (Å²) in [5, 5.41) is 6.61. The van der Waals surface area contributed by atoms with E-state index >= 15 is 0 Å². The number of hydrogen-bond donors (Lipinski definition) is 4. The Morgan fingerprint density at radius 3 is 2.61 bits per heavy atom. The summed E-state index contributed by atoms with van der Waals surface area (Å²) in [6.07, 6.45) is 5.54. The fraction of sp³-hybridized carbons (Fsp3) is 0.909. The van der Waals surface area contributed by atoms with Gasteiger partial charge in [0.15, 0.2) is 0 Å². The number of nitrogens with one attached hydrogen (secondary N) is 2. The molecule has 31 heavy (non-hydrogen) atoms. The number of likely N-dealkylation sites (tertiary alicyclic amines) is 1. The molecule has 1 amide bonds. The number of esters is 1. The molecule has 1 saturated heterocycles. The third-order valence-electron chi connectivity index (χ3n) is 6.47. The van der Waals surface area contributed by atoms with Crippen LogP contribution in [0.3, 0.4) is 0 Å². The first-order chi connectivity index (χ1) is 14.8. The molecule has 1 aliphatic heterocycles. The van der Waals surface area contributed by atoms with Crippen molar-refractivity contribution in [3.05, 3.63) is 0 Å². The zero-order chi connectivity index (χ0) is 23.4. The zero-order valence-corrected chi connectivity index (χ0v) is 21.6. The van der Waals surface area contributed by atoms with Crippen molar-refractivity contribution < 1.29 is 14.3 Å². The Kier molecular flexibility index (Phi) is 14.2. The van der Waals surface area contributed by atoms with Crippen LogP contribution in [0.5, 0.6) is 0 Å². The summed E-state index contributed by atoms with van der Waals surface area (Å²) in [6.45, 7) is 8.94. The first-order valence-corrected chi connectivity index (χ1v) is 13.6. The van der Waals surface area contributed by atoms with E-state index in [0.717, 1.165) is 38.1 Å². The molecule has 182 valence electrons. The van der Waals surface area contributed by atoms with Crippen molar-refractivity contribution >= 4 is 36.3 Å². The number of methoxy groups -OCH3 is 1. The maximum Gasteiger partial charge on any atom is 0.328 e. The van der Waals surface area contributed by atoms with E-state index in [1.54, 1.807) is 11.8 Å².